The summed E-state index contributed by atoms with van der Waals surface area (Å²) in [6.45, 7) is 0. The summed E-state index contributed by atoms with van der Waals surface area (Å²) in [5, 5.41) is 30.0. The first-order valence-corrected chi connectivity index (χ1v) is 10.5. The van der Waals surface area contributed by atoms with Crippen molar-refractivity contribution in [1.29, 1.82) is 0 Å². The zero-order chi connectivity index (χ0) is 19.4. The lowest BCUT2D eigenvalue weighted by Crippen LogP contribution is -2.59. The van der Waals surface area contributed by atoms with Crippen molar-refractivity contribution >= 4 is 5.97 Å². The molecule has 5 heteroatoms. The fraction of sp³-hybridized carbons (Fsp3) is 0.773. The van der Waals surface area contributed by atoms with Crippen molar-refractivity contribution in [1.82, 2.24) is 0 Å². The molecule has 1 unspecified atom stereocenters. The maximum atomic E-state index is 10.8. The van der Waals surface area contributed by atoms with Gasteiger partial charge in [0.1, 0.15) is 0 Å². The first-order chi connectivity index (χ1) is 13.0. The quantitative estimate of drug-likeness (QED) is 0.591. The van der Waals surface area contributed by atoms with Gasteiger partial charge in [0.05, 0.1) is 17.8 Å². The van der Waals surface area contributed by atoms with Crippen molar-refractivity contribution in [3.63, 3.8) is 0 Å². The summed E-state index contributed by atoms with van der Waals surface area (Å²) in [5.41, 5.74) is 0.803. The van der Waals surface area contributed by atoms with Crippen molar-refractivity contribution in [3.8, 4) is 0 Å². The number of aliphatic carboxylic acids is 1. The molecular formula is C22H34O5. The molecular weight excluding hydrogens is 344 g/mol. The topological polar surface area (TPSA) is 87.0 Å². The van der Waals surface area contributed by atoms with Gasteiger partial charge in [0.15, 0.2) is 0 Å². The van der Waals surface area contributed by atoms with Crippen LogP contribution in [0.4, 0.5) is 0 Å². The number of carboxylic acids is 1. The highest BCUT2D eigenvalue weighted by atomic mass is 16.5. The minimum absolute atomic E-state index is 0.0198. The van der Waals surface area contributed by atoms with E-state index < -0.39 is 18.2 Å². The molecule has 3 rings (SSSR count). The number of carbonyl (C=O) groups is 1. The summed E-state index contributed by atoms with van der Waals surface area (Å²) >= 11 is 0. The molecule has 0 saturated heterocycles. The molecule has 3 aliphatic carbocycles. The van der Waals surface area contributed by atoms with Gasteiger partial charge in [0.25, 0.3) is 0 Å². The van der Waals surface area contributed by atoms with E-state index in [0.717, 1.165) is 25.7 Å². The summed E-state index contributed by atoms with van der Waals surface area (Å²) in [6.07, 6.45) is 13.8. The molecule has 0 amide bonds. The zero-order valence-electron chi connectivity index (χ0n) is 16.3. The zero-order valence-corrected chi connectivity index (χ0v) is 16.3. The second-order valence-electron chi connectivity index (χ2n) is 8.52. The second kappa shape index (κ2) is 8.89. The van der Waals surface area contributed by atoms with Crippen LogP contribution >= 0.6 is 0 Å². The highest BCUT2D eigenvalue weighted by molar-refractivity contribution is 5.66. The van der Waals surface area contributed by atoms with Gasteiger partial charge in [0, 0.05) is 25.4 Å². The number of rotatable bonds is 7. The Labute approximate surface area is 162 Å². The molecule has 5 nitrogen and oxygen atoms in total. The lowest BCUT2D eigenvalue weighted by molar-refractivity contribution is -0.141. The normalized spacial score (nSPS) is 37.1. The van der Waals surface area contributed by atoms with Crippen molar-refractivity contribution in [2.45, 2.75) is 82.0 Å². The number of hydrogen-bond donors (Lipinski definition) is 3. The van der Waals surface area contributed by atoms with Crippen LogP contribution in [0, 0.1) is 17.8 Å². The van der Waals surface area contributed by atoms with Crippen LogP contribution < -0.4 is 0 Å². The Morgan fingerprint density at radius 1 is 1.30 bits per heavy atom. The Morgan fingerprint density at radius 2 is 2.04 bits per heavy atom. The molecule has 3 saturated carbocycles. The first kappa shape index (κ1) is 20.6. The summed E-state index contributed by atoms with van der Waals surface area (Å²) in [7, 11) is 1.71. The Morgan fingerprint density at radius 3 is 2.70 bits per heavy atom. The minimum Gasteiger partial charge on any atom is -0.481 e. The number of carboxylic acid groups (broad SMARTS) is 1. The van der Waals surface area contributed by atoms with Gasteiger partial charge in [-0.1, -0.05) is 37.5 Å². The van der Waals surface area contributed by atoms with Crippen LogP contribution in [0.3, 0.4) is 0 Å². The SMILES string of the molecule is CO[C@@]12CC[C@H](O)[C@@H](/C=C/C(O)C3CCCCC3)[C@@H]1C/C2=C\CCC(=O)O. The van der Waals surface area contributed by atoms with E-state index in [0.29, 0.717) is 18.8 Å². The largest absolute Gasteiger partial charge is 0.481 e. The summed E-state index contributed by atoms with van der Waals surface area (Å²) < 4.78 is 5.93. The van der Waals surface area contributed by atoms with Crippen molar-refractivity contribution in [3.05, 3.63) is 23.8 Å². The van der Waals surface area contributed by atoms with Gasteiger partial charge < -0.3 is 20.1 Å². The monoisotopic (exact) mass is 378 g/mol. The third-order valence-electron chi connectivity index (χ3n) is 7.08. The van der Waals surface area contributed by atoms with E-state index in [1.54, 1.807) is 7.11 Å². The third kappa shape index (κ3) is 4.30. The van der Waals surface area contributed by atoms with E-state index in [-0.39, 0.29) is 23.9 Å². The van der Waals surface area contributed by atoms with E-state index in [1.165, 1.54) is 24.8 Å². The van der Waals surface area contributed by atoms with Crippen molar-refractivity contribution in [2.24, 2.45) is 17.8 Å². The van der Waals surface area contributed by atoms with Crippen LogP contribution in [0.2, 0.25) is 0 Å². The number of hydrogen-bond acceptors (Lipinski definition) is 4. The lowest BCUT2D eigenvalue weighted by atomic mass is 9.53. The van der Waals surface area contributed by atoms with Crippen molar-refractivity contribution in [2.75, 3.05) is 7.11 Å². The minimum atomic E-state index is -0.786. The fourth-order valence-corrected chi connectivity index (χ4v) is 5.45. The number of allylic oxidation sites excluding steroid dienone is 1. The van der Waals surface area contributed by atoms with E-state index in [4.69, 9.17) is 9.84 Å². The number of aliphatic hydroxyl groups is 2. The molecule has 0 aromatic rings. The van der Waals surface area contributed by atoms with Crippen LogP contribution in [0.1, 0.15) is 64.2 Å². The second-order valence-corrected chi connectivity index (χ2v) is 8.52. The van der Waals surface area contributed by atoms with Crippen LogP contribution in [-0.4, -0.2) is 46.2 Å². The predicted molar refractivity (Wildman–Crippen MR) is 103 cm³/mol. The third-order valence-corrected chi connectivity index (χ3v) is 7.08. The maximum Gasteiger partial charge on any atom is 0.303 e. The van der Waals surface area contributed by atoms with Gasteiger partial charge in [-0.2, -0.15) is 0 Å². The van der Waals surface area contributed by atoms with Gasteiger partial charge in [-0.3, -0.25) is 4.79 Å². The molecule has 3 fully saturated rings. The van der Waals surface area contributed by atoms with Gasteiger partial charge in [-0.05, 0) is 50.0 Å². The average molecular weight is 379 g/mol. The van der Waals surface area contributed by atoms with E-state index >= 15 is 0 Å². The van der Waals surface area contributed by atoms with E-state index in [2.05, 4.69) is 0 Å². The Hall–Kier alpha value is -1.17. The Bertz CT molecular complexity index is 577. The van der Waals surface area contributed by atoms with Gasteiger partial charge in [-0.25, -0.2) is 0 Å². The molecule has 0 radical (unpaired) electrons. The van der Waals surface area contributed by atoms with Gasteiger partial charge in [-0.15, -0.1) is 0 Å². The van der Waals surface area contributed by atoms with Gasteiger partial charge >= 0.3 is 5.97 Å². The van der Waals surface area contributed by atoms with E-state index in [9.17, 15) is 15.0 Å². The molecule has 0 aliphatic heterocycles. The highest BCUT2D eigenvalue weighted by Crippen LogP contribution is 2.57. The molecule has 3 aliphatic rings. The van der Waals surface area contributed by atoms with Crippen LogP contribution in [0.5, 0.6) is 0 Å². The number of fused-ring (bicyclic) bond motifs is 1. The molecule has 0 aromatic heterocycles. The van der Waals surface area contributed by atoms with E-state index in [1.807, 2.05) is 18.2 Å². The van der Waals surface area contributed by atoms with Crippen LogP contribution in [0.15, 0.2) is 23.8 Å². The molecule has 0 heterocycles. The molecule has 0 spiro atoms. The molecule has 0 bridgehead atoms. The predicted octanol–water partition coefficient (Wildman–Crippen LogP) is 3.45. The summed E-state index contributed by atoms with van der Waals surface area (Å²) in [6, 6.07) is 0. The first-order valence-electron chi connectivity index (χ1n) is 10.5. The number of ether oxygens (including phenoxy) is 1. The van der Waals surface area contributed by atoms with Crippen LogP contribution in [-0.2, 0) is 9.53 Å². The Kier molecular flexibility index (Phi) is 6.77. The number of aliphatic hydroxyl groups excluding tert-OH is 2. The number of methoxy groups -OCH3 is 1. The highest BCUT2D eigenvalue weighted by Gasteiger charge is 2.57. The Balaban J connectivity index is 1.67. The summed E-state index contributed by atoms with van der Waals surface area (Å²) in [5.74, 6) is -0.271. The molecule has 27 heavy (non-hydrogen) atoms. The maximum absolute atomic E-state index is 10.8. The lowest BCUT2D eigenvalue weighted by Gasteiger charge is -2.58. The standard InChI is InChI=1S/C22H34O5/c1-27-22-13-12-20(24)17(10-11-19(23)15-6-3-2-4-7-15)18(22)14-16(22)8-5-9-21(25)26/h8,10-11,15,17-20,23-24H,2-7,9,12-14H2,1H3,(H,25,26)/b11-10+,16-8+/t17-,18-,19?,20-,22+/m0/s1. The molecule has 5 atom stereocenters. The van der Waals surface area contributed by atoms with Crippen molar-refractivity contribution < 1.29 is 24.9 Å². The fourth-order valence-electron chi connectivity index (χ4n) is 5.45. The molecule has 0 aromatic carbocycles. The molecule has 152 valence electrons. The average Bonchev–Trinajstić information content (AvgIpc) is 2.66. The molecule has 3 N–H and O–H groups in total. The summed E-state index contributed by atoms with van der Waals surface area (Å²) in [4.78, 5) is 10.8. The smallest absolute Gasteiger partial charge is 0.303 e. The van der Waals surface area contributed by atoms with Gasteiger partial charge in [0.2, 0.25) is 0 Å². The van der Waals surface area contributed by atoms with Crippen LogP contribution in [0.25, 0.3) is 0 Å².